The van der Waals surface area contributed by atoms with Crippen LogP contribution in [0.5, 0.6) is 0 Å². The van der Waals surface area contributed by atoms with Gasteiger partial charge in [-0.05, 0) is 26.0 Å². The van der Waals surface area contributed by atoms with Gasteiger partial charge in [-0.1, -0.05) is 0 Å². The number of nitrogens with zero attached hydrogens (tertiary/aromatic N) is 6. The molecule has 1 aliphatic heterocycles. The molecule has 0 unspecified atom stereocenters. The highest BCUT2D eigenvalue weighted by Crippen LogP contribution is 2.31. The maximum atomic E-state index is 12.9. The first-order valence-electron chi connectivity index (χ1n) is 8.72. The summed E-state index contributed by atoms with van der Waals surface area (Å²) in [6.07, 6.45) is -3.34. The Balaban J connectivity index is 1.88. The van der Waals surface area contributed by atoms with Crippen LogP contribution in [-0.4, -0.2) is 51.2 Å². The molecule has 0 radical (unpaired) electrons. The number of rotatable bonds is 2. The van der Waals surface area contributed by atoms with E-state index in [4.69, 9.17) is 4.74 Å². The van der Waals surface area contributed by atoms with Gasteiger partial charge in [-0.25, -0.2) is 15.0 Å². The van der Waals surface area contributed by atoms with E-state index in [-0.39, 0.29) is 0 Å². The number of ether oxygens (including phenoxy) is 1. The summed E-state index contributed by atoms with van der Waals surface area (Å²) >= 11 is 0. The fourth-order valence-corrected chi connectivity index (χ4v) is 2.91. The van der Waals surface area contributed by atoms with E-state index < -0.39 is 11.9 Å². The number of aryl methyl sites for hydroxylation is 2. The Morgan fingerprint density at radius 2 is 1.68 bits per heavy atom. The predicted octanol–water partition coefficient (Wildman–Crippen LogP) is 2.95. The van der Waals surface area contributed by atoms with Crippen molar-refractivity contribution in [2.24, 2.45) is 0 Å². The monoisotopic (exact) mass is 390 g/mol. The molecule has 4 rings (SSSR count). The molecule has 0 amide bonds. The lowest BCUT2D eigenvalue weighted by molar-refractivity contribution is -0.141. The molecule has 0 atom stereocenters. The first-order valence-corrected chi connectivity index (χ1v) is 8.72. The van der Waals surface area contributed by atoms with Crippen molar-refractivity contribution in [2.75, 3.05) is 31.2 Å². The van der Waals surface area contributed by atoms with Gasteiger partial charge in [-0.3, -0.25) is 4.98 Å². The predicted molar refractivity (Wildman–Crippen MR) is 95.9 cm³/mol. The first kappa shape index (κ1) is 18.5. The fraction of sp³-hybridized carbons (Fsp3) is 0.389. The zero-order valence-electron chi connectivity index (χ0n) is 15.3. The van der Waals surface area contributed by atoms with Crippen LogP contribution in [0.4, 0.5) is 19.1 Å². The Morgan fingerprint density at radius 3 is 2.32 bits per heavy atom. The van der Waals surface area contributed by atoms with Crippen LogP contribution in [0, 0.1) is 13.8 Å². The summed E-state index contributed by atoms with van der Waals surface area (Å²) in [6, 6.07) is 2.28. The topological polar surface area (TPSA) is 76.9 Å². The van der Waals surface area contributed by atoms with Gasteiger partial charge >= 0.3 is 6.18 Å². The summed E-state index contributed by atoms with van der Waals surface area (Å²) in [7, 11) is 0. The molecule has 0 saturated carbocycles. The maximum Gasteiger partial charge on any atom is 0.433 e. The molecule has 3 aromatic rings. The number of halogens is 3. The Morgan fingerprint density at radius 1 is 0.964 bits per heavy atom. The first-order chi connectivity index (χ1) is 13.3. The molecule has 0 spiro atoms. The van der Waals surface area contributed by atoms with Crippen molar-refractivity contribution in [3.63, 3.8) is 0 Å². The van der Waals surface area contributed by atoms with Crippen LogP contribution in [-0.2, 0) is 10.9 Å². The smallest absolute Gasteiger partial charge is 0.378 e. The van der Waals surface area contributed by atoms with Crippen molar-refractivity contribution in [3.8, 4) is 11.3 Å². The molecular formula is C18H17F3N6O. The third kappa shape index (κ3) is 3.47. The molecule has 146 valence electrons. The lowest BCUT2D eigenvalue weighted by Gasteiger charge is -2.27. The van der Waals surface area contributed by atoms with Gasteiger partial charge < -0.3 is 9.64 Å². The molecule has 3 aromatic heterocycles. The molecule has 0 aromatic carbocycles. The van der Waals surface area contributed by atoms with E-state index in [0.717, 1.165) is 18.0 Å². The van der Waals surface area contributed by atoms with Crippen molar-refractivity contribution in [1.82, 2.24) is 24.9 Å². The van der Waals surface area contributed by atoms with Gasteiger partial charge in [0.25, 0.3) is 0 Å². The van der Waals surface area contributed by atoms with Gasteiger partial charge in [0.1, 0.15) is 16.9 Å². The zero-order valence-corrected chi connectivity index (χ0v) is 15.3. The zero-order chi connectivity index (χ0) is 19.9. The molecule has 0 N–H and O–H groups in total. The molecule has 1 aliphatic rings. The highest BCUT2D eigenvalue weighted by atomic mass is 19.4. The largest absolute Gasteiger partial charge is 0.433 e. The van der Waals surface area contributed by atoms with Crippen LogP contribution < -0.4 is 4.90 Å². The average Bonchev–Trinajstić information content (AvgIpc) is 2.68. The number of anilines is 1. The molecular weight excluding hydrogens is 373 g/mol. The number of morpholine rings is 1. The summed E-state index contributed by atoms with van der Waals surface area (Å²) in [5.41, 5.74) is 2.14. The van der Waals surface area contributed by atoms with Gasteiger partial charge in [-0.2, -0.15) is 18.2 Å². The second kappa shape index (κ2) is 6.93. The molecule has 1 saturated heterocycles. The highest BCUT2D eigenvalue weighted by Gasteiger charge is 2.32. The van der Waals surface area contributed by atoms with E-state index in [1.165, 1.54) is 6.07 Å². The number of fused-ring (bicyclic) bond motifs is 1. The van der Waals surface area contributed by atoms with Gasteiger partial charge in [0.15, 0.2) is 5.65 Å². The number of pyridine rings is 1. The van der Waals surface area contributed by atoms with Gasteiger partial charge in [0, 0.05) is 24.8 Å². The third-order valence-corrected chi connectivity index (χ3v) is 4.55. The molecule has 28 heavy (non-hydrogen) atoms. The Kier molecular flexibility index (Phi) is 4.58. The molecule has 0 bridgehead atoms. The maximum absolute atomic E-state index is 12.9. The number of aromatic nitrogens is 5. The van der Waals surface area contributed by atoms with Crippen molar-refractivity contribution in [3.05, 3.63) is 35.4 Å². The second-order valence-corrected chi connectivity index (χ2v) is 6.47. The molecule has 10 heteroatoms. The Hall–Kier alpha value is -2.88. The van der Waals surface area contributed by atoms with Crippen molar-refractivity contribution < 1.29 is 17.9 Å². The Labute approximate surface area is 158 Å². The fourth-order valence-electron chi connectivity index (χ4n) is 2.91. The van der Waals surface area contributed by atoms with E-state index in [2.05, 4.69) is 24.9 Å². The van der Waals surface area contributed by atoms with E-state index in [9.17, 15) is 13.2 Å². The van der Waals surface area contributed by atoms with E-state index in [0.29, 0.717) is 60.4 Å². The van der Waals surface area contributed by atoms with Crippen LogP contribution in [0.1, 0.15) is 17.1 Å². The Bertz CT molecular complexity index is 1020. The SMILES string of the molecule is Cc1nc2nc(N3CCOCC3)nc(-c3ccc(C(F)(F)F)nc3)c2nc1C. The van der Waals surface area contributed by atoms with E-state index in [1.807, 2.05) is 18.7 Å². The number of alkyl halides is 3. The van der Waals surface area contributed by atoms with Crippen LogP contribution in [0.15, 0.2) is 18.3 Å². The minimum absolute atomic E-state index is 0.398. The van der Waals surface area contributed by atoms with Gasteiger partial charge in [-0.15, -0.1) is 0 Å². The van der Waals surface area contributed by atoms with Crippen LogP contribution in [0.3, 0.4) is 0 Å². The summed E-state index contributed by atoms with van der Waals surface area (Å²) in [4.78, 5) is 23.7. The normalized spacial score (nSPS) is 15.2. The highest BCUT2D eigenvalue weighted by molar-refractivity contribution is 5.87. The lowest BCUT2D eigenvalue weighted by atomic mass is 10.1. The number of hydrogen-bond donors (Lipinski definition) is 0. The third-order valence-electron chi connectivity index (χ3n) is 4.55. The van der Waals surface area contributed by atoms with Crippen LogP contribution in [0.2, 0.25) is 0 Å². The summed E-state index contributed by atoms with van der Waals surface area (Å²) in [5.74, 6) is 0.447. The van der Waals surface area contributed by atoms with Gasteiger partial charge in [0.2, 0.25) is 5.95 Å². The lowest BCUT2D eigenvalue weighted by Crippen LogP contribution is -2.37. The van der Waals surface area contributed by atoms with Crippen molar-refractivity contribution >= 4 is 17.1 Å². The minimum Gasteiger partial charge on any atom is -0.378 e. The summed E-state index contributed by atoms with van der Waals surface area (Å²) < 4.78 is 43.9. The second-order valence-electron chi connectivity index (χ2n) is 6.47. The average molecular weight is 390 g/mol. The molecule has 0 aliphatic carbocycles. The van der Waals surface area contributed by atoms with Crippen LogP contribution in [0.25, 0.3) is 22.4 Å². The molecule has 7 nitrogen and oxygen atoms in total. The standard InChI is InChI=1S/C18H17F3N6O/c1-10-11(2)24-16-15(23-10)14(12-3-4-13(22-9-12)18(19,20)21)25-17(26-16)27-5-7-28-8-6-27/h3-4,9H,5-8H2,1-2H3. The van der Waals surface area contributed by atoms with Crippen molar-refractivity contribution in [2.45, 2.75) is 20.0 Å². The minimum atomic E-state index is -4.50. The van der Waals surface area contributed by atoms with Gasteiger partial charge in [0.05, 0.1) is 24.6 Å². The van der Waals surface area contributed by atoms with E-state index in [1.54, 1.807) is 0 Å². The summed E-state index contributed by atoms with van der Waals surface area (Å²) in [6.45, 7) is 5.99. The van der Waals surface area contributed by atoms with Crippen LogP contribution >= 0.6 is 0 Å². The summed E-state index contributed by atoms with van der Waals surface area (Å²) in [5, 5.41) is 0. The van der Waals surface area contributed by atoms with Crippen molar-refractivity contribution in [1.29, 1.82) is 0 Å². The number of hydrogen-bond acceptors (Lipinski definition) is 7. The quantitative estimate of drug-likeness (QED) is 0.666. The van der Waals surface area contributed by atoms with E-state index >= 15 is 0 Å². The molecule has 4 heterocycles. The molecule has 1 fully saturated rings.